The van der Waals surface area contributed by atoms with Crippen LogP contribution in [0.5, 0.6) is 5.75 Å². The summed E-state index contributed by atoms with van der Waals surface area (Å²) in [6.45, 7) is 5.19. The molecule has 3 N–H and O–H groups in total. The Labute approximate surface area is 103 Å². The van der Waals surface area contributed by atoms with E-state index >= 15 is 0 Å². The van der Waals surface area contributed by atoms with Gasteiger partial charge in [-0.05, 0) is 12.0 Å². The molecule has 0 aliphatic carbocycles. The number of para-hydroxylation sites is 1. The first-order valence-electron chi connectivity index (χ1n) is 6.49. The van der Waals surface area contributed by atoms with E-state index in [1.807, 2.05) is 12.1 Å². The summed E-state index contributed by atoms with van der Waals surface area (Å²) in [5.74, 6) is 7.75. The standard InChI is InChI=1S/C14H22N2O/c1-3-10(4-2)14(16-15)12-9-17-13-8-6-5-7-11(12)13/h5-8,10,12,14,16H,3-4,9,15H2,1-2H3. The highest BCUT2D eigenvalue weighted by atomic mass is 16.5. The number of fused-ring (bicyclic) bond motifs is 1. The van der Waals surface area contributed by atoms with Gasteiger partial charge in [-0.3, -0.25) is 11.3 Å². The Bertz CT molecular complexity index is 363. The second-order valence-corrected chi connectivity index (χ2v) is 4.72. The van der Waals surface area contributed by atoms with Gasteiger partial charge < -0.3 is 4.74 Å². The number of hydrazine groups is 1. The van der Waals surface area contributed by atoms with Crippen LogP contribution in [0.4, 0.5) is 0 Å². The third kappa shape index (κ3) is 2.31. The van der Waals surface area contributed by atoms with Gasteiger partial charge in [-0.1, -0.05) is 44.9 Å². The Morgan fingerprint density at radius 2 is 2.06 bits per heavy atom. The minimum Gasteiger partial charge on any atom is -0.493 e. The molecule has 1 aromatic carbocycles. The summed E-state index contributed by atoms with van der Waals surface area (Å²) in [6, 6.07) is 8.58. The summed E-state index contributed by atoms with van der Waals surface area (Å²) in [5, 5.41) is 0. The van der Waals surface area contributed by atoms with Crippen LogP contribution in [0.1, 0.15) is 38.2 Å². The Morgan fingerprint density at radius 3 is 2.71 bits per heavy atom. The second kappa shape index (κ2) is 5.52. The molecule has 17 heavy (non-hydrogen) atoms. The van der Waals surface area contributed by atoms with Crippen molar-refractivity contribution in [3.63, 3.8) is 0 Å². The maximum atomic E-state index is 5.76. The lowest BCUT2D eigenvalue weighted by atomic mass is 9.82. The average Bonchev–Trinajstić information content (AvgIpc) is 2.79. The van der Waals surface area contributed by atoms with E-state index in [4.69, 9.17) is 10.6 Å². The minimum absolute atomic E-state index is 0.300. The SMILES string of the molecule is CCC(CC)C(NN)C1COc2ccccc21. The molecule has 94 valence electrons. The number of rotatable bonds is 5. The molecule has 0 spiro atoms. The Kier molecular flexibility index (Phi) is 4.02. The van der Waals surface area contributed by atoms with Crippen LogP contribution < -0.4 is 16.0 Å². The van der Waals surface area contributed by atoms with Crippen LogP contribution in [0.3, 0.4) is 0 Å². The zero-order valence-corrected chi connectivity index (χ0v) is 10.6. The molecule has 2 unspecified atom stereocenters. The van der Waals surface area contributed by atoms with Gasteiger partial charge in [0.1, 0.15) is 5.75 Å². The number of hydrogen-bond acceptors (Lipinski definition) is 3. The Morgan fingerprint density at radius 1 is 1.35 bits per heavy atom. The van der Waals surface area contributed by atoms with E-state index in [0.717, 1.165) is 25.2 Å². The van der Waals surface area contributed by atoms with Crippen molar-refractivity contribution in [2.45, 2.75) is 38.6 Å². The fourth-order valence-corrected chi connectivity index (χ4v) is 2.86. The largest absolute Gasteiger partial charge is 0.493 e. The quantitative estimate of drug-likeness (QED) is 0.607. The number of nitrogens with two attached hydrogens (primary N) is 1. The fraction of sp³-hybridized carbons (Fsp3) is 0.571. The summed E-state index contributed by atoms with van der Waals surface area (Å²) in [4.78, 5) is 0. The molecule has 1 heterocycles. The maximum absolute atomic E-state index is 5.76. The summed E-state index contributed by atoms with van der Waals surface area (Å²) in [6.07, 6.45) is 2.29. The molecule has 0 aromatic heterocycles. The highest BCUT2D eigenvalue weighted by Crippen LogP contribution is 2.38. The van der Waals surface area contributed by atoms with E-state index in [0.29, 0.717) is 17.9 Å². The molecule has 3 heteroatoms. The van der Waals surface area contributed by atoms with E-state index in [-0.39, 0.29) is 0 Å². The van der Waals surface area contributed by atoms with E-state index in [1.54, 1.807) is 0 Å². The summed E-state index contributed by atoms with van der Waals surface area (Å²) >= 11 is 0. The third-order valence-electron chi connectivity index (χ3n) is 3.92. The van der Waals surface area contributed by atoms with Gasteiger partial charge in [0.2, 0.25) is 0 Å². The summed E-state index contributed by atoms with van der Waals surface area (Å²) in [5.41, 5.74) is 4.30. The highest BCUT2D eigenvalue weighted by Gasteiger charge is 2.34. The van der Waals surface area contributed by atoms with Crippen molar-refractivity contribution >= 4 is 0 Å². The predicted octanol–water partition coefficient (Wildman–Crippen LogP) is 2.43. The van der Waals surface area contributed by atoms with Crippen molar-refractivity contribution in [2.75, 3.05) is 6.61 Å². The smallest absolute Gasteiger partial charge is 0.122 e. The van der Waals surface area contributed by atoms with Crippen LogP contribution in [-0.2, 0) is 0 Å². The lowest BCUT2D eigenvalue weighted by Gasteiger charge is -2.29. The van der Waals surface area contributed by atoms with Gasteiger partial charge in [-0.25, -0.2) is 0 Å². The second-order valence-electron chi connectivity index (χ2n) is 4.72. The van der Waals surface area contributed by atoms with Gasteiger partial charge in [-0.2, -0.15) is 0 Å². The minimum atomic E-state index is 0.300. The average molecular weight is 234 g/mol. The number of benzene rings is 1. The zero-order valence-electron chi connectivity index (χ0n) is 10.6. The van der Waals surface area contributed by atoms with Crippen LogP contribution >= 0.6 is 0 Å². The van der Waals surface area contributed by atoms with Crippen molar-refractivity contribution in [1.29, 1.82) is 0 Å². The molecule has 0 saturated carbocycles. The summed E-state index contributed by atoms with van der Waals surface area (Å²) < 4.78 is 5.74. The number of ether oxygens (including phenoxy) is 1. The summed E-state index contributed by atoms with van der Waals surface area (Å²) in [7, 11) is 0. The molecule has 1 aromatic rings. The van der Waals surface area contributed by atoms with E-state index in [9.17, 15) is 0 Å². The van der Waals surface area contributed by atoms with Crippen molar-refractivity contribution in [1.82, 2.24) is 5.43 Å². The molecule has 2 rings (SSSR count). The van der Waals surface area contributed by atoms with Gasteiger partial charge in [-0.15, -0.1) is 0 Å². The normalized spacial score (nSPS) is 20.1. The molecule has 1 aliphatic heterocycles. The van der Waals surface area contributed by atoms with Crippen molar-refractivity contribution in [3.8, 4) is 5.75 Å². The predicted molar refractivity (Wildman–Crippen MR) is 69.9 cm³/mol. The van der Waals surface area contributed by atoms with Gasteiger partial charge in [0.05, 0.1) is 6.61 Å². The number of hydrogen-bond donors (Lipinski definition) is 2. The first kappa shape index (κ1) is 12.4. The monoisotopic (exact) mass is 234 g/mol. The fourth-order valence-electron chi connectivity index (χ4n) is 2.86. The lowest BCUT2D eigenvalue weighted by molar-refractivity contribution is 0.245. The molecule has 0 bridgehead atoms. The van der Waals surface area contributed by atoms with Gasteiger partial charge in [0, 0.05) is 17.5 Å². The van der Waals surface area contributed by atoms with Crippen LogP contribution in [0.2, 0.25) is 0 Å². The van der Waals surface area contributed by atoms with Crippen molar-refractivity contribution < 1.29 is 4.74 Å². The Hall–Kier alpha value is -1.06. The Balaban J connectivity index is 2.22. The number of nitrogens with one attached hydrogen (secondary N) is 1. The van der Waals surface area contributed by atoms with E-state index < -0.39 is 0 Å². The zero-order chi connectivity index (χ0) is 12.3. The van der Waals surface area contributed by atoms with Crippen molar-refractivity contribution in [3.05, 3.63) is 29.8 Å². The van der Waals surface area contributed by atoms with Crippen LogP contribution in [0, 0.1) is 5.92 Å². The first-order valence-corrected chi connectivity index (χ1v) is 6.49. The van der Waals surface area contributed by atoms with E-state index in [1.165, 1.54) is 5.56 Å². The topological polar surface area (TPSA) is 47.3 Å². The molecule has 2 atom stereocenters. The molecule has 0 amide bonds. The molecule has 3 nitrogen and oxygen atoms in total. The molecular formula is C14H22N2O. The molecule has 1 aliphatic rings. The molecular weight excluding hydrogens is 212 g/mol. The van der Waals surface area contributed by atoms with Gasteiger partial charge in [0.15, 0.2) is 0 Å². The van der Waals surface area contributed by atoms with Gasteiger partial charge in [0.25, 0.3) is 0 Å². The van der Waals surface area contributed by atoms with Crippen molar-refractivity contribution in [2.24, 2.45) is 11.8 Å². The highest BCUT2D eigenvalue weighted by molar-refractivity contribution is 5.40. The molecule has 0 saturated heterocycles. The maximum Gasteiger partial charge on any atom is 0.122 e. The molecule has 0 fully saturated rings. The first-order chi connectivity index (χ1) is 8.31. The lowest BCUT2D eigenvalue weighted by Crippen LogP contribution is -2.45. The van der Waals surface area contributed by atoms with Crippen LogP contribution in [-0.4, -0.2) is 12.6 Å². The van der Waals surface area contributed by atoms with E-state index in [2.05, 4.69) is 31.4 Å². The van der Waals surface area contributed by atoms with Gasteiger partial charge >= 0.3 is 0 Å². The van der Waals surface area contributed by atoms with Crippen LogP contribution in [0.15, 0.2) is 24.3 Å². The molecule has 0 radical (unpaired) electrons. The third-order valence-corrected chi connectivity index (χ3v) is 3.92. The van der Waals surface area contributed by atoms with Crippen LogP contribution in [0.25, 0.3) is 0 Å².